The molecule has 0 aromatic heterocycles. The molecule has 3 unspecified atom stereocenters. The fraction of sp³-hybridized carbons (Fsp3) is 0.621. The number of thioether (sulfide) groups is 1. The van der Waals surface area contributed by atoms with Crippen LogP contribution in [0.15, 0.2) is 43.0 Å². The molecule has 4 rings (SSSR count). The van der Waals surface area contributed by atoms with Crippen molar-refractivity contribution in [1.29, 1.82) is 0 Å². The van der Waals surface area contributed by atoms with Crippen LogP contribution in [0.3, 0.4) is 0 Å². The molecule has 0 radical (unpaired) electrons. The summed E-state index contributed by atoms with van der Waals surface area (Å²) < 4.78 is 4.71. The number of nitrogens with zero attached hydrogens (tertiary/aromatic N) is 2. The number of aliphatic hydroxyl groups is 1. The van der Waals surface area contributed by atoms with Crippen LogP contribution in [-0.2, 0) is 25.5 Å². The van der Waals surface area contributed by atoms with Crippen molar-refractivity contribution in [2.24, 2.45) is 17.8 Å². The van der Waals surface area contributed by atoms with Gasteiger partial charge in [-0.2, -0.15) is 0 Å². The largest absolute Gasteiger partial charge is 0.466 e. The second kappa shape index (κ2) is 11.6. The molecular weight excluding hydrogens is 488 g/mol. The molecule has 1 spiro atoms. The maximum Gasteiger partial charge on any atom is 0.310 e. The summed E-state index contributed by atoms with van der Waals surface area (Å²) in [6.45, 7) is 10.8. The molecule has 202 valence electrons. The number of amides is 2. The van der Waals surface area contributed by atoms with Crippen molar-refractivity contribution >= 4 is 29.5 Å². The minimum atomic E-state index is -0.757. The number of benzene rings is 1. The monoisotopic (exact) mass is 528 g/mol. The van der Waals surface area contributed by atoms with Crippen molar-refractivity contribution in [3.8, 4) is 0 Å². The van der Waals surface area contributed by atoms with Crippen molar-refractivity contribution in [2.45, 2.75) is 68.5 Å². The third-order valence-electron chi connectivity index (χ3n) is 8.34. The van der Waals surface area contributed by atoms with Crippen LogP contribution in [0.25, 0.3) is 0 Å². The zero-order valence-corrected chi connectivity index (χ0v) is 23.0. The molecule has 3 aliphatic heterocycles. The molecule has 7 atom stereocenters. The number of ether oxygens (including phenoxy) is 1. The number of fused-ring (bicyclic) bond motifs is 1. The summed E-state index contributed by atoms with van der Waals surface area (Å²) in [7, 11) is 0. The number of rotatable bonds is 12. The molecule has 2 amide bonds. The van der Waals surface area contributed by atoms with Gasteiger partial charge in [0, 0.05) is 18.3 Å². The van der Waals surface area contributed by atoms with Gasteiger partial charge in [0.05, 0.1) is 35.8 Å². The highest BCUT2D eigenvalue weighted by Crippen LogP contribution is 2.69. The average molecular weight is 529 g/mol. The number of carbonyl (C=O) groups excluding carboxylic acids is 3. The van der Waals surface area contributed by atoms with Gasteiger partial charge in [-0.1, -0.05) is 56.7 Å². The summed E-state index contributed by atoms with van der Waals surface area (Å²) in [6, 6.07) is 8.39. The van der Waals surface area contributed by atoms with E-state index in [2.05, 4.69) is 20.4 Å². The highest BCUT2D eigenvalue weighted by molar-refractivity contribution is 8.02. The molecule has 1 aromatic rings. The fourth-order valence-corrected chi connectivity index (χ4v) is 9.14. The van der Waals surface area contributed by atoms with Crippen LogP contribution in [0.4, 0.5) is 0 Å². The molecule has 1 aromatic carbocycles. The van der Waals surface area contributed by atoms with Crippen LogP contribution in [0.1, 0.15) is 45.6 Å². The van der Waals surface area contributed by atoms with Crippen LogP contribution in [0.5, 0.6) is 0 Å². The predicted octanol–water partition coefficient (Wildman–Crippen LogP) is 3.31. The minimum absolute atomic E-state index is 0.0503. The first-order valence-corrected chi connectivity index (χ1v) is 14.4. The van der Waals surface area contributed by atoms with E-state index >= 15 is 0 Å². The van der Waals surface area contributed by atoms with Crippen molar-refractivity contribution in [2.75, 3.05) is 26.3 Å². The summed E-state index contributed by atoms with van der Waals surface area (Å²) in [5, 5.41) is 10.5. The summed E-state index contributed by atoms with van der Waals surface area (Å²) in [5.41, 5.74) is 0.982. The van der Waals surface area contributed by atoms with Gasteiger partial charge in [0.2, 0.25) is 11.8 Å². The normalized spacial score (nSPS) is 30.8. The zero-order valence-electron chi connectivity index (χ0n) is 22.2. The zero-order chi connectivity index (χ0) is 26.7. The number of hydrogen-bond donors (Lipinski definition) is 1. The molecule has 1 N–H and O–H groups in total. The Hall–Kier alpha value is -2.32. The van der Waals surface area contributed by atoms with Gasteiger partial charge in [-0.25, -0.2) is 0 Å². The number of hydrogen-bond acceptors (Lipinski definition) is 6. The maximum atomic E-state index is 14.4. The van der Waals surface area contributed by atoms with Gasteiger partial charge in [-0.05, 0) is 37.7 Å². The highest BCUT2D eigenvalue weighted by atomic mass is 32.2. The third kappa shape index (κ3) is 4.71. The van der Waals surface area contributed by atoms with Gasteiger partial charge >= 0.3 is 5.97 Å². The Balaban J connectivity index is 1.80. The molecule has 3 fully saturated rings. The molecular formula is C29H40N2O5S. The van der Waals surface area contributed by atoms with Crippen molar-refractivity contribution in [3.05, 3.63) is 48.6 Å². The summed E-state index contributed by atoms with van der Waals surface area (Å²) >= 11 is 1.64. The number of esters is 1. The van der Waals surface area contributed by atoms with Gasteiger partial charge in [-0.3, -0.25) is 14.4 Å². The van der Waals surface area contributed by atoms with E-state index in [0.29, 0.717) is 19.5 Å². The van der Waals surface area contributed by atoms with Crippen LogP contribution in [-0.4, -0.2) is 81.1 Å². The van der Waals surface area contributed by atoms with E-state index < -0.39 is 28.7 Å². The molecule has 3 heterocycles. The van der Waals surface area contributed by atoms with E-state index in [0.717, 1.165) is 24.8 Å². The number of likely N-dealkylation sites (tertiary alicyclic amines) is 1. The Morgan fingerprint density at radius 3 is 2.68 bits per heavy atom. The van der Waals surface area contributed by atoms with E-state index in [-0.39, 0.29) is 42.2 Å². The van der Waals surface area contributed by atoms with Crippen LogP contribution in [0.2, 0.25) is 0 Å². The lowest BCUT2D eigenvalue weighted by Gasteiger charge is -2.42. The Kier molecular flexibility index (Phi) is 8.69. The lowest BCUT2D eigenvalue weighted by Crippen LogP contribution is -2.59. The van der Waals surface area contributed by atoms with E-state index in [4.69, 9.17) is 4.74 Å². The lowest BCUT2D eigenvalue weighted by atomic mass is 9.66. The van der Waals surface area contributed by atoms with Crippen molar-refractivity contribution in [1.82, 2.24) is 9.80 Å². The van der Waals surface area contributed by atoms with Gasteiger partial charge in [-0.15, -0.1) is 18.3 Å². The van der Waals surface area contributed by atoms with Gasteiger partial charge < -0.3 is 19.6 Å². The average Bonchev–Trinajstić information content (AvgIpc) is 3.49. The first kappa shape index (κ1) is 27.7. The third-order valence-corrected chi connectivity index (χ3v) is 10.4. The standard InChI is InChI=1S/C29H40N2O5S/c1-5-8-15-30(14-6-2)27(34)25-29-19(4)16-22(37-29)23(28(35)36-7-3)24(29)26(33)31(25)21(18-32)17-20-12-10-9-11-13-20/h6,9-13,19,21-25,32H,2,5,7-8,14-18H2,1,3-4H3/t19?,21-,22+,23-,24+,25?,29?/m1/s1. The van der Waals surface area contributed by atoms with E-state index in [9.17, 15) is 19.5 Å². The summed E-state index contributed by atoms with van der Waals surface area (Å²) in [5.74, 6) is -1.82. The van der Waals surface area contributed by atoms with E-state index in [1.54, 1.807) is 34.6 Å². The van der Waals surface area contributed by atoms with Crippen LogP contribution >= 0.6 is 11.8 Å². The van der Waals surface area contributed by atoms with Crippen LogP contribution < -0.4 is 0 Å². The van der Waals surface area contributed by atoms with Crippen LogP contribution in [0, 0.1) is 17.8 Å². The molecule has 37 heavy (non-hydrogen) atoms. The highest BCUT2D eigenvalue weighted by Gasteiger charge is 2.77. The van der Waals surface area contributed by atoms with Crippen molar-refractivity contribution in [3.63, 3.8) is 0 Å². The first-order valence-electron chi connectivity index (χ1n) is 13.6. The Labute approximate surface area is 224 Å². The predicted molar refractivity (Wildman–Crippen MR) is 145 cm³/mol. The summed E-state index contributed by atoms with van der Waals surface area (Å²) in [4.78, 5) is 45.4. The topological polar surface area (TPSA) is 87.2 Å². The Morgan fingerprint density at radius 1 is 1.32 bits per heavy atom. The second-order valence-electron chi connectivity index (χ2n) is 10.5. The number of unbranched alkanes of at least 4 members (excludes halogenated alkanes) is 1. The number of aliphatic hydroxyl groups excluding tert-OH is 1. The van der Waals surface area contributed by atoms with Gasteiger partial charge in [0.1, 0.15) is 6.04 Å². The molecule has 3 aliphatic rings. The Morgan fingerprint density at radius 2 is 2.05 bits per heavy atom. The second-order valence-corrected chi connectivity index (χ2v) is 12.1. The molecule has 0 aliphatic carbocycles. The molecule has 3 saturated heterocycles. The van der Waals surface area contributed by atoms with Crippen molar-refractivity contribution < 1.29 is 24.2 Å². The number of carbonyl (C=O) groups is 3. The SMILES string of the molecule is C=CCN(CCCC)C(=O)C1N([C@@H](CO)Cc2ccccc2)C(=O)[C@@H]2[C@H](C(=O)OCC)[C@@H]3CC(C)C12S3. The molecule has 8 heteroatoms. The van der Waals surface area contributed by atoms with E-state index in [1.807, 2.05) is 30.3 Å². The maximum absolute atomic E-state index is 14.4. The van der Waals surface area contributed by atoms with Gasteiger partial charge in [0.15, 0.2) is 0 Å². The summed E-state index contributed by atoms with van der Waals surface area (Å²) in [6.07, 6.45) is 4.70. The minimum Gasteiger partial charge on any atom is -0.466 e. The molecule has 7 nitrogen and oxygen atoms in total. The lowest BCUT2D eigenvalue weighted by molar-refractivity contribution is -0.154. The van der Waals surface area contributed by atoms with E-state index in [1.165, 1.54) is 0 Å². The quantitative estimate of drug-likeness (QED) is 0.331. The fourth-order valence-electron chi connectivity index (χ4n) is 6.75. The molecule has 0 saturated carbocycles. The Bertz CT molecular complexity index is 1000. The first-order chi connectivity index (χ1) is 17.8. The molecule has 2 bridgehead atoms. The van der Waals surface area contributed by atoms with Gasteiger partial charge in [0.25, 0.3) is 0 Å². The smallest absolute Gasteiger partial charge is 0.310 e.